The second-order valence-electron chi connectivity index (χ2n) is 3.96. The lowest BCUT2D eigenvalue weighted by Crippen LogP contribution is -2.61. The van der Waals surface area contributed by atoms with Gasteiger partial charge in [-0.05, 0) is 0 Å². The van der Waals surface area contributed by atoms with Gasteiger partial charge >= 0.3 is 5.97 Å². The first-order valence-corrected chi connectivity index (χ1v) is 4.98. The van der Waals surface area contributed by atoms with Crippen molar-refractivity contribution in [3.05, 3.63) is 0 Å². The van der Waals surface area contributed by atoms with Crippen LogP contribution in [0.25, 0.3) is 0 Å². The summed E-state index contributed by atoms with van der Waals surface area (Å²) < 4.78 is 9.37. The number of carbonyl (C=O) groups is 1. The highest BCUT2D eigenvalue weighted by atomic mass is 16.7. The van der Waals surface area contributed by atoms with Crippen molar-refractivity contribution in [1.29, 1.82) is 0 Å². The van der Waals surface area contributed by atoms with Gasteiger partial charge in [0, 0.05) is 13.5 Å². The molecule has 5 atom stereocenters. The molecular formula is C9H16O8. The summed E-state index contributed by atoms with van der Waals surface area (Å²) in [5, 5.41) is 46.9. The Morgan fingerprint density at radius 3 is 2.65 bits per heavy atom. The van der Waals surface area contributed by atoms with Crippen LogP contribution in [0.4, 0.5) is 0 Å². The summed E-state index contributed by atoms with van der Waals surface area (Å²) >= 11 is 0. The Morgan fingerprint density at radius 2 is 2.18 bits per heavy atom. The van der Waals surface area contributed by atoms with Crippen molar-refractivity contribution < 1.29 is 39.8 Å². The Balaban J connectivity index is 2.85. The third kappa shape index (κ3) is 2.92. The first-order valence-electron chi connectivity index (χ1n) is 4.98. The molecule has 0 radical (unpaired) electrons. The van der Waals surface area contributed by atoms with Crippen LogP contribution in [0.1, 0.15) is 6.42 Å². The van der Waals surface area contributed by atoms with E-state index in [9.17, 15) is 25.2 Å². The molecule has 1 saturated heterocycles. The van der Waals surface area contributed by atoms with E-state index in [4.69, 9.17) is 9.84 Å². The summed E-state index contributed by atoms with van der Waals surface area (Å²) in [6.07, 6.45) is -6.50. The fourth-order valence-electron chi connectivity index (χ4n) is 1.68. The average Bonchev–Trinajstić information content (AvgIpc) is 2.23. The van der Waals surface area contributed by atoms with E-state index in [-0.39, 0.29) is 6.61 Å². The van der Waals surface area contributed by atoms with Crippen LogP contribution in [0.2, 0.25) is 0 Å². The molecule has 17 heavy (non-hydrogen) atoms. The number of hydrogen-bond acceptors (Lipinski definition) is 7. The van der Waals surface area contributed by atoms with Gasteiger partial charge in [-0.2, -0.15) is 0 Å². The van der Waals surface area contributed by atoms with Gasteiger partial charge in [-0.15, -0.1) is 0 Å². The molecule has 8 nitrogen and oxygen atoms in total. The topological polar surface area (TPSA) is 137 Å². The smallest absolute Gasteiger partial charge is 0.364 e. The van der Waals surface area contributed by atoms with E-state index in [0.29, 0.717) is 0 Å². The van der Waals surface area contributed by atoms with Crippen LogP contribution < -0.4 is 0 Å². The van der Waals surface area contributed by atoms with Crippen LogP contribution in [-0.4, -0.2) is 75.4 Å². The molecule has 1 rings (SSSR count). The molecule has 1 aliphatic rings. The Labute approximate surface area is 97.0 Å². The molecule has 1 heterocycles. The van der Waals surface area contributed by atoms with Crippen LogP contribution in [0.15, 0.2) is 0 Å². The third-order valence-electron chi connectivity index (χ3n) is 2.60. The third-order valence-corrected chi connectivity index (χ3v) is 2.60. The van der Waals surface area contributed by atoms with E-state index in [1.165, 1.54) is 7.11 Å². The highest BCUT2D eigenvalue weighted by molar-refractivity contribution is 5.75. The van der Waals surface area contributed by atoms with E-state index in [1.54, 1.807) is 0 Å². The summed E-state index contributed by atoms with van der Waals surface area (Å²) in [5.74, 6) is -4.32. The number of methoxy groups -OCH3 is 1. The average molecular weight is 252 g/mol. The number of rotatable bonds is 4. The Kier molecular flexibility index (Phi) is 4.42. The SMILES string of the molecule is COC[C@@H](O)[C@H]1O[C@@](O)(C(=O)O)C[C@@H](O)[C@H]1O. The van der Waals surface area contributed by atoms with Gasteiger partial charge in [0.05, 0.1) is 12.7 Å². The number of hydrogen-bond donors (Lipinski definition) is 5. The lowest BCUT2D eigenvalue weighted by molar-refractivity contribution is -0.309. The van der Waals surface area contributed by atoms with Crippen molar-refractivity contribution in [2.75, 3.05) is 13.7 Å². The van der Waals surface area contributed by atoms with Crippen molar-refractivity contribution in [2.24, 2.45) is 0 Å². The molecule has 5 N–H and O–H groups in total. The van der Waals surface area contributed by atoms with Gasteiger partial charge in [-0.1, -0.05) is 0 Å². The Hall–Kier alpha value is -0.770. The zero-order chi connectivity index (χ0) is 13.2. The molecule has 100 valence electrons. The van der Waals surface area contributed by atoms with Crippen LogP contribution >= 0.6 is 0 Å². The zero-order valence-corrected chi connectivity index (χ0v) is 9.18. The fourth-order valence-corrected chi connectivity index (χ4v) is 1.68. The zero-order valence-electron chi connectivity index (χ0n) is 9.18. The molecule has 0 aromatic carbocycles. The second kappa shape index (κ2) is 5.25. The van der Waals surface area contributed by atoms with Crippen molar-refractivity contribution in [1.82, 2.24) is 0 Å². The van der Waals surface area contributed by atoms with Crippen LogP contribution in [0.3, 0.4) is 0 Å². The quantitative estimate of drug-likeness (QED) is 0.364. The van der Waals surface area contributed by atoms with E-state index >= 15 is 0 Å². The lowest BCUT2D eigenvalue weighted by atomic mass is 9.93. The molecule has 0 aromatic heterocycles. The number of carboxylic acids is 1. The monoisotopic (exact) mass is 252 g/mol. The normalized spacial score (nSPS) is 39.9. The van der Waals surface area contributed by atoms with Gasteiger partial charge in [-0.25, -0.2) is 4.79 Å². The van der Waals surface area contributed by atoms with Gasteiger partial charge in [0.25, 0.3) is 5.79 Å². The highest BCUT2D eigenvalue weighted by Crippen LogP contribution is 2.29. The summed E-state index contributed by atoms with van der Waals surface area (Å²) in [6, 6.07) is 0. The molecule has 0 aromatic rings. The standard InChI is InChI=1S/C9H16O8/c1-16-3-5(11)7-6(12)4(10)2-9(15,17-7)8(13)14/h4-7,10-12,15H,2-3H2,1H3,(H,13,14)/t4-,5-,6-,7-,9-/m1/s1. The van der Waals surface area contributed by atoms with Crippen LogP contribution in [0, 0.1) is 0 Å². The lowest BCUT2D eigenvalue weighted by Gasteiger charge is -2.41. The largest absolute Gasteiger partial charge is 0.477 e. The van der Waals surface area contributed by atoms with Gasteiger partial charge < -0.3 is 35.0 Å². The Morgan fingerprint density at radius 1 is 1.59 bits per heavy atom. The molecule has 0 aliphatic carbocycles. The predicted molar refractivity (Wildman–Crippen MR) is 52.0 cm³/mol. The number of carboxylic acid groups (broad SMARTS) is 1. The summed E-state index contributed by atoms with van der Waals surface area (Å²) in [6.45, 7) is -0.232. The minimum absolute atomic E-state index is 0.232. The van der Waals surface area contributed by atoms with E-state index in [0.717, 1.165) is 0 Å². The van der Waals surface area contributed by atoms with Gasteiger partial charge in [-0.3, -0.25) is 0 Å². The number of ether oxygens (including phenoxy) is 2. The molecular weight excluding hydrogens is 236 g/mol. The Bertz CT molecular complexity index is 282. The van der Waals surface area contributed by atoms with E-state index < -0.39 is 42.6 Å². The first-order chi connectivity index (χ1) is 7.81. The molecule has 0 amide bonds. The van der Waals surface area contributed by atoms with E-state index in [2.05, 4.69) is 4.74 Å². The van der Waals surface area contributed by atoms with Crippen molar-refractivity contribution in [3.8, 4) is 0 Å². The molecule has 0 unspecified atom stereocenters. The fraction of sp³-hybridized carbons (Fsp3) is 0.889. The van der Waals surface area contributed by atoms with Crippen molar-refractivity contribution in [3.63, 3.8) is 0 Å². The highest BCUT2D eigenvalue weighted by Gasteiger charge is 2.52. The first kappa shape index (κ1) is 14.3. The molecule has 1 fully saturated rings. The molecule has 0 saturated carbocycles. The second-order valence-corrected chi connectivity index (χ2v) is 3.96. The van der Waals surface area contributed by atoms with Crippen LogP contribution in [0.5, 0.6) is 0 Å². The maximum absolute atomic E-state index is 10.8. The van der Waals surface area contributed by atoms with Gasteiger partial charge in [0.15, 0.2) is 0 Å². The molecule has 8 heteroatoms. The van der Waals surface area contributed by atoms with Gasteiger partial charge in [0.2, 0.25) is 0 Å². The van der Waals surface area contributed by atoms with Gasteiger partial charge in [0.1, 0.15) is 18.3 Å². The van der Waals surface area contributed by atoms with Crippen LogP contribution in [-0.2, 0) is 14.3 Å². The van der Waals surface area contributed by atoms with Crippen molar-refractivity contribution in [2.45, 2.75) is 36.6 Å². The molecule has 1 aliphatic heterocycles. The summed E-state index contributed by atoms with van der Waals surface area (Å²) in [5.41, 5.74) is 0. The molecule has 0 bridgehead atoms. The number of aliphatic hydroxyl groups is 4. The predicted octanol–water partition coefficient (Wildman–Crippen LogP) is -2.72. The molecule has 0 spiro atoms. The number of aliphatic hydroxyl groups excluding tert-OH is 3. The maximum atomic E-state index is 10.8. The summed E-state index contributed by atoms with van der Waals surface area (Å²) in [7, 11) is 1.29. The van der Waals surface area contributed by atoms with E-state index in [1.807, 2.05) is 0 Å². The minimum Gasteiger partial charge on any atom is -0.477 e. The summed E-state index contributed by atoms with van der Waals surface area (Å²) in [4.78, 5) is 10.8. The maximum Gasteiger partial charge on any atom is 0.364 e. The minimum atomic E-state index is -2.63. The number of aliphatic carboxylic acids is 1. The van der Waals surface area contributed by atoms with Crippen molar-refractivity contribution >= 4 is 5.97 Å².